The Morgan fingerprint density at radius 2 is 1.86 bits per heavy atom. The Kier molecular flexibility index (Phi) is 5.37. The molecule has 0 bridgehead atoms. The van der Waals surface area contributed by atoms with Gasteiger partial charge in [0.15, 0.2) is 0 Å². The Balaban J connectivity index is 2.07. The Labute approximate surface area is 164 Å². The van der Waals surface area contributed by atoms with Crippen molar-refractivity contribution in [2.75, 3.05) is 11.4 Å². The molecule has 1 aliphatic heterocycles. The lowest BCUT2D eigenvalue weighted by Gasteiger charge is -2.39. The van der Waals surface area contributed by atoms with Gasteiger partial charge in [0.1, 0.15) is 0 Å². The number of aromatic nitrogens is 1. The van der Waals surface area contributed by atoms with Gasteiger partial charge in [-0.3, -0.25) is 4.98 Å². The van der Waals surface area contributed by atoms with Crippen LogP contribution in [-0.2, 0) is 11.6 Å². The van der Waals surface area contributed by atoms with E-state index in [1.54, 1.807) is 6.07 Å². The predicted molar refractivity (Wildman–Crippen MR) is 108 cm³/mol. The molecule has 0 saturated heterocycles. The maximum Gasteiger partial charge on any atom is 0.416 e. The van der Waals surface area contributed by atoms with Crippen molar-refractivity contribution in [3.05, 3.63) is 76.8 Å². The number of hydrogen-bond acceptors (Lipinski definition) is 2. The number of benzene rings is 1. The molecule has 2 heterocycles. The normalized spacial score (nSPS) is 16.2. The molecule has 0 fully saturated rings. The fourth-order valence-corrected chi connectivity index (χ4v) is 3.53. The van der Waals surface area contributed by atoms with Crippen LogP contribution in [-0.4, -0.2) is 11.5 Å². The molecule has 2 nitrogen and oxygen atoms in total. The summed E-state index contributed by atoms with van der Waals surface area (Å²) in [4.78, 5) is 6.52. The average Bonchev–Trinajstić information content (AvgIpc) is 2.62. The van der Waals surface area contributed by atoms with E-state index in [4.69, 9.17) is 0 Å². The minimum Gasteiger partial charge on any atom is -0.347 e. The first-order valence-corrected chi connectivity index (χ1v) is 9.45. The number of anilines is 1. The highest BCUT2D eigenvalue weighted by atomic mass is 19.4. The zero-order valence-electron chi connectivity index (χ0n) is 16.6. The number of pyridine rings is 1. The monoisotopic (exact) mass is 386 g/mol. The maximum absolute atomic E-state index is 13.3. The van der Waals surface area contributed by atoms with E-state index < -0.39 is 17.2 Å². The smallest absolute Gasteiger partial charge is 0.347 e. The second-order valence-electron chi connectivity index (χ2n) is 7.67. The van der Waals surface area contributed by atoms with Gasteiger partial charge in [0, 0.05) is 29.5 Å². The molecular weight excluding hydrogens is 361 g/mol. The number of allylic oxidation sites excluding steroid dienone is 2. The van der Waals surface area contributed by atoms with Crippen LogP contribution >= 0.6 is 0 Å². The standard InChI is InChI=1S/C23H25F3N2/c1-5-13-28-15-18(9-11-19-8-6-7-16(2)27-19)22(3,4)20-14-17(23(24,25)26)10-12-21(20)28/h6-12,14-15H,5,13H2,1-4H3/b11-9-. The molecule has 0 saturated carbocycles. The van der Waals surface area contributed by atoms with Crippen LogP contribution in [0.25, 0.3) is 6.08 Å². The van der Waals surface area contributed by atoms with Crippen molar-refractivity contribution < 1.29 is 13.2 Å². The molecule has 2 aromatic rings. The molecule has 5 heteroatoms. The lowest BCUT2D eigenvalue weighted by Crippen LogP contribution is -2.32. The molecular formula is C23H25F3N2. The van der Waals surface area contributed by atoms with E-state index in [2.05, 4.69) is 11.9 Å². The summed E-state index contributed by atoms with van der Waals surface area (Å²) in [7, 11) is 0. The van der Waals surface area contributed by atoms with Gasteiger partial charge in [0.25, 0.3) is 0 Å². The van der Waals surface area contributed by atoms with E-state index in [0.717, 1.165) is 35.6 Å². The van der Waals surface area contributed by atoms with Crippen molar-refractivity contribution >= 4 is 11.8 Å². The van der Waals surface area contributed by atoms with Gasteiger partial charge in [-0.05, 0) is 60.9 Å². The number of fused-ring (bicyclic) bond motifs is 1. The molecule has 0 atom stereocenters. The third kappa shape index (κ3) is 3.98. The van der Waals surface area contributed by atoms with Gasteiger partial charge >= 0.3 is 6.18 Å². The first kappa shape index (κ1) is 20.2. The van der Waals surface area contributed by atoms with Crippen LogP contribution in [0.15, 0.2) is 54.2 Å². The third-order valence-electron chi connectivity index (χ3n) is 5.13. The molecule has 0 N–H and O–H groups in total. The van der Waals surface area contributed by atoms with Crippen molar-refractivity contribution in [2.45, 2.75) is 45.7 Å². The van der Waals surface area contributed by atoms with E-state index in [-0.39, 0.29) is 0 Å². The molecule has 1 aromatic carbocycles. The van der Waals surface area contributed by atoms with Crippen molar-refractivity contribution in [3.8, 4) is 0 Å². The van der Waals surface area contributed by atoms with E-state index in [9.17, 15) is 13.2 Å². The number of rotatable bonds is 4. The summed E-state index contributed by atoms with van der Waals surface area (Å²) in [5, 5.41) is 0. The van der Waals surface area contributed by atoms with Gasteiger partial charge in [-0.15, -0.1) is 0 Å². The molecule has 1 aromatic heterocycles. The summed E-state index contributed by atoms with van der Waals surface area (Å²) >= 11 is 0. The van der Waals surface area contributed by atoms with Crippen LogP contribution in [0.4, 0.5) is 18.9 Å². The molecule has 3 rings (SSSR count). The summed E-state index contributed by atoms with van der Waals surface area (Å²) in [6, 6.07) is 9.84. The minimum atomic E-state index is -4.36. The SMILES string of the molecule is CCCN1C=C(/C=C\c2cccc(C)n2)C(C)(C)c2cc(C(F)(F)F)ccc21. The zero-order chi connectivity index (χ0) is 20.5. The summed E-state index contributed by atoms with van der Waals surface area (Å²) < 4.78 is 39.9. The van der Waals surface area contributed by atoms with Gasteiger partial charge in [-0.2, -0.15) is 13.2 Å². The van der Waals surface area contributed by atoms with Gasteiger partial charge in [-0.1, -0.05) is 32.9 Å². The quantitative estimate of drug-likeness (QED) is 0.595. The number of hydrogen-bond donors (Lipinski definition) is 0. The highest BCUT2D eigenvalue weighted by Crippen LogP contribution is 2.45. The summed E-state index contributed by atoms with van der Waals surface area (Å²) in [6.45, 7) is 8.67. The number of alkyl halides is 3. The van der Waals surface area contributed by atoms with Crippen molar-refractivity contribution in [3.63, 3.8) is 0 Å². The van der Waals surface area contributed by atoms with Crippen LogP contribution in [0.2, 0.25) is 0 Å². The first-order valence-electron chi connectivity index (χ1n) is 9.45. The summed E-state index contributed by atoms with van der Waals surface area (Å²) in [5.74, 6) is 0. The van der Waals surface area contributed by atoms with Crippen LogP contribution in [0, 0.1) is 6.92 Å². The Hall–Kier alpha value is -2.56. The number of aryl methyl sites for hydroxylation is 1. The molecule has 0 amide bonds. The van der Waals surface area contributed by atoms with Gasteiger partial charge in [0.05, 0.1) is 11.3 Å². The molecule has 0 unspecified atom stereocenters. The summed E-state index contributed by atoms with van der Waals surface area (Å²) in [6.07, 6.45) is 2.47. The van der Waals surface area contributed by atoms with Crippen LogP contribution in [0.5, 0.6) is 0 Å². The lowest BCUT2D eigenvalue weighted by atomic mass is 9.74. The average molecular weight is 386 g/mol. The Morgan fingerprint density at radius 1 is 1.11 bits per heavy atom. The summed E-state index contributed by atoms with van der Waals surface area (Å²) in [5.41, 5.74) is 3.07. The minimum absolute atomic E-state index is 0.554. The highest BCUT2D eigenvalue weighted by molar-refractivity contribution is 5.68. The second kappa shape index (κ2) is 7.46. The first-order chi connectivity index (χ1) is 13.1. The number of halogens is 3. The fraction of sp³-hybridized carbons (Fsp3) is 0.348. The predicted octanol–water partition coefficient (Wildman–Crippen LogP) is 6.51. The molecule has 0 spiro atoms. The largest absolute Gasteiger partial charge is 0.416 e. The van der Waals surface area contributed by atoms with Gasteiger partial charge in [0.2, 0.25) is 0 Å². The zero-order valence-corrected chi connectivity index (χ0v) is 16.6. The van der Waals surface area contributed by atoms with Crippen LogP contribution in [0.1, 0.15) is 49.7 Å². The van der Waals surface area contributed by atoms with Crippen LogP contribution < -0.4 is 4.90 Å². The Bertz CT molecular complexity index is 924. The maximum atomic E-state index is 13.3. The van der Waals surface area contributed by atoms with E-state index in [1.807, 2.05) is 62.2 Å². The lowest BCUT2D eigenvalue weighted by molar-refractivity contribution is -0.137. The van der Waals surface area contributed by atoms with Gasteiger partial charge < -0.3 is 4.90 Å². The molecule has 1 aliphatic rings. The molecule has 28 heavy (non-hydrogen) atoms. The van der Waals surface area contributed by atoms with Crippen LogP contribution in [0.3, 0.4) is 0 Å². The van der Waals surface area contributed by atoms with Crippen molar-refractivity contribution in [2.24, 2.45) is 0 Å². The molecule has 0 radical (unpaired) electrons. The number of nitrogens with zero attached hydrogens (tertiary/aromatic N) is 2. The molecule has 148 valence electrons. The van der Waals surface area contributed by atoms with Crippen molar-refractivity contribution in [1.29, 1.82) is 0 Å². The molecule has 0 aliphatic carbocycles. The van der Waals surface area contributed by atoms with Gasteiger partial charge in [-0.25, -0.2) is 0 Å². The highest BCUT2D eigenvalue weighted by Gasteiger charge is 2.37. The topological polar surface area (TPSA) is 16.1 Å². The third-order valence-corrected chi connectivity index (χ3v) is 5.13. The van der Waals surface area contributed by atoms with E-state index >= 15 is 0 Å². The van der Waals surface area contributed by atoms with E-state index in [0.29, 0.717) is 5.56 Å². The second-order valence-corrected chi connectivity index (χ2v) is 7.67. The van der Waals surface area contributed by atoms with E-state index in [1.165, 1.54) is 12.1 Å². The van der Waals surface area contributed by atoms with Crippen molar-refractivity contribution in [1.82, 2.24) is 4.98 Å². The fourth-order valence-electron chi connectivity index (χ4n) is 3.53. The Morgan fingerprint density at radius 3 is 2.50 bits per heavy atom.